The number of aliphatic hydroxyl groups is 1. The van der Waals surface area contributed by atoms with E-state index in [0.29, 0.717) is 38.0 Å². The number of benzene rings is 3. The van der Waals surface area contributed by atoms with E-state index in [4.69, 9.17) is 4.74 Å². The lowest BCUT2D eigenvalue weighted by molar-refractivity contribution is -0.119. The zero-order valence-electron chi connectivity index (χ0n) is 15.9. The van der Waals surface area contributed by atoms with Gasteiger partial charge < -0.3 is 9.84 Å². The molecule has 3 heteroatoms. The van der Waals surface area contributed by atoms with Gasteiger partial charge >= 0.3 is 0 Å². The number of hydrogen-bond donors (Lipinski definition) is 1. The van der Waals surface area contributed by atoms with Gasteiger partial charge in [0.2, 0.25) is 0 Å². The standard InChI is InChI=1S/C25H25O3/c26-23(16-17-28-24-12-5-2-6-13-24)15-14-21-10-7-11-22(18-21)25(27)19-20-8-3-1-4-9-20/h1-12,18,25,27H,14-17,19H2. The van der Waals surface area contributed by atoms with Gasteiger partial charge in [-0.1, -0.05) is 72.8 Å². The highest BCUT2D eigenvalue weighted by atomic mass is 16.5. The third kappa shape index (κ3) is 6.36. The molecule has 28 heavy (non-hydrogen) atoms. The number of hydrogen-bond acceptors (Lipinski definition) is 3. The van der Waals surface area contributed by atoms with Crippen LogP contribution in [0.25, 0.3) is 0 Å². The molecule has 1 atom stereocenters. The number of rotatable bonds is 10. The zero-order valence-corrected chi connectivity index (χ0v) is 15.9. The Morgan fingerprint density at radius 2 is 1.71 bits per heavy atom. The van der Waals surface area contributed by atoms with Gasteiger partial charge in [-0.3, -0.25) is 4.79 Å². The number of para-hydroxylation sites is 1. The highest BCUT2D eigenvalue weighted by molar-refractivity contribution is 5.78. The summed E-state index contributed by atoms with van der Waals surface area (Å²) >= 11 is 0. The van der Waals surface area contributed by atoms with Gasteiger partial charge in [-0.2, -0.15) is 0 Å². The first-order valence-electron chi connectivity index (χ1n) is 9.63. The summed E-state index contributed by atoms with van der Waals surface area (Å²) in [5.41, 5.74) is 3.05. The van der Waals surface area contributed by atoms with Gasteiger partial charge in [0.15, 0.2) is 0 Å². The summed E-state index contributed by atoms with van der Waals surface area (Å²) in [6.45, 7) is 0.370. The topological polar surface area (TPSA) is 46.5 Å². The first-order valence-corrected chi connectivity index (χ1v) is 9.63. The molecular formula is C25H25O3. The normalized spacial score (nSPS) is 11.8. The SMILES string of the molecule is O=C(CCOc1[c]cccc1)CCc1cccc(C(O)Cc2ccccc2)c1. The molecular weight excluding hydrogens is 348 g/mol. The van der Waals surface area contributed by atoms with Crippen LogP contribution in [0.15, 0.2) is 78.9 Å². The van der Waals surface area contributed by atoms with E-state index in [2.05, 4.69) is 6.07 Å². The van der Waals surface area contributed by atoms with Crippen LogP contribution in [0, 0.1) is 6.07 Å². The molecule has 0 bridgehead atoms. The smallest absolute Gasteiger partial charge is 0.136 e. The van der Waals surface area contributed by atoms with Crippen molar-refractivity contribution in [2.45, 2.75) is 31.8 Å². The Bertz CT molecular complexity index is 859. The van der Waals surface area contributed by atoms with Crippen LogP contribution in [0.1, 0.15) is 35.6 Å². The lowest BCUT2D eigenvalue weighted by Crippen LogP contribution is -2.08. The molecule has 0 aromatic heterocycles. The van der Waals surface area contributed by atoms with Gasteiger partial charge in [-0.05, 0) is 29.2 Å². The largest absolute Gasteiger partial charge is 0.492 e. The number of Topliss-reactive ketones (excluding diaryl/α,β-unsaturated/α-hetero) is 1. The first-order chi connectivity index (χ1) is 13.7. The van der Waals surface area contributed by atoms with E-state index in [0.717, 1.165) is 16.7 Å². The molecule has 3 aromatic rings. The molecule has 0 fully saturated rings. The summed E-state index contributed by atoms with van der Waals surface area (Å²) in [4.78, 5) is 12.1. The van der Waals surface area contributed by atoms with Crippen molar-refractivity contribution >= 4 is 5.78 Å². The Labute approximate surface area is 166 Å². The minimum Gasteiger partial charge on any atom is -0.492 e. The van der Waals surface area contributed by atoms with Gasteiger partial charge in [-0.25, -0.2) is 0 Å². The molecule has 0 saturated heterocycles. The van der Waals surface area contributed by atoms with Gasteiger partial charge in [0.25, 0.3) is 0 Å². The van der Waals surface area contributed by atoms with Crippen molar-refractivity contribution in [1.29, 1.82) is 0 Å². The Morgan fingerprint density at radius 1 is 0.929 bits per heavy atom. The van der Waals surface area contributed by atoms with Crippen LogP contribution >= 0.6 is 0 Å². The second-order valence-electron chi connectivity index (χ2n) is 6.81. The van der Waals surface area contributed by atoms with Gasteiger partial charge in [0, 0.05) is 25.3 Å². The Hall–Kier alpha value is -2.91. The third-order valence-electron chi connectivity index (χ3n) is 4.62. The van der Waals surface area contributed by atoms with Crippen LogP contribution in [0.4, 0.5) is 0 Å². The van der Waals surface area contributed by atoms with Gasteiger partial charge in [-0.15, -0.1) is 0 Å². The second kappa shape index (κ2) is 10.4. The predicted octanol–water partition coefficient (Wildman–Crippen LogP) is 4.73. The molecule has 0 spiro atoms. The highest BCUT2D eigenvalue weighted by Crippen LogP contribution is 2.20. The van der Waals surface area contributed by atoms with Gasteiger partial charge in [0.1, 0.15) is 11.5 Å². The van der Waals surface area contributed by atoms with E-state index in [-0.39, 0.29) is 5.78 Å². The van der Waals surface area contributed by atoms with Crippen LogP contribution in [-0.2, 0) is 17.6 Å². The average molecular weight is 373 g/mol. The third-order valence-corrected chi connectivity index (χ3v) is 4.62. The summed E-state index contributed by atoms with van der Waals surface area (Å²) in [6.07, 6.45) is 1.56. The van der Waals surface area contributed by atoms with Crippen LogP contribution in [0.3, 0.4) is 0 Å². The van der Waals surface area contributed by atoms with Crippen molar-refractivity contribution < 1.29 is 14.6 Å². The molecule has 3 nitrogen and oxygen atoms in total. The maximum absolute atomic E-state index is 12.1. The summed E-state index contributed by atoms with van der Waals surface area (Å²) in [5, 5.41) is 10.5. The molecule has 143 valence electrons. The summed E-state index contributed by atoms with van der Waals surface area (Å²) in [6, 6.07) is 28.2. The zero-order chi connectivity index (χ0) is 19.6. The summed E-state index contributed by atoms with van der Waals surface area (Å²) < 4.78 is 5.53. The second-order valence-corrected chi connectivity index (χ2v) is 6.81. The highest BCUT2D eigenvalue weighted by Gasteiger charge is 2.10. The van der Waals surface area contributed by atoms with E-state index >= 15 is 0 Å². The number of ether oxygens (including phenoxy) is 1. The van der Waals surface area contributed by atoms with Crippen LogP contribution in [0.5, 0.6) is 5.75 Å². The first kappa shape index (κ1) is 19.8. The minimum atomic E-state index is -0.548. The molecule has 1 N–H and O–H groups in total. The Morgan fingerprint density at radius 3 is 2.50 bits per heavy atom. The number of aliphatic hydroxyl groups excluding tert-OH is 1. The number of carbonyl (C=O) groups is 1. The molecule has 0 aliphatic heterocycles. The molecule has 1 unspecified atom stereocenters. The molecule has 0 heterocycles. The molecule has 3 rings (SSSR count). The van der Waals surface area contributed by atoms with E-state index in [9.17, 15) is 9.90 Å². The van der Waals surface area contributed by atoms with E-state index in [1.165, 1.54) is 0 Å². The summed E-state index contributed by atoms with van der Waals surface area (Å²) in [5.74, 6) is 0.835. The van der Waals surface area contributed by atoms with Crippen molar-refractivity contribution in [3.8, 4) is 5.75 Å². The molecule has 3 aromatic carbocycles. The van der Waals surface area contributed by atoms with Gasteiger partial charge in [0.05, 0.1) is 12.7 Å². The average Bonchev–Trinajstić information content (AvgIpc) is 2.74. The van der Waals surface area contributed by atoms with Crippen molar-refractivity contribution in [1.82, 2.24) is 0 Å². The van der Waals surface area contributed by atoms with E-state index in [1.807, 2.05) is 72.8 Å². The maximum atomic E-state index is 12.1. The van der Waals surface area contributed by atoms with Crippen LogP contribution in [-0.4, -0.2) is 17.5 Å². The lowest BCUT2D eigenvalue weighted by Gasteiger charge is -2.12. The van der Waals surface area contributed by atoms with E-state index < -0.39 is 6.10 Å². The fraction of sp³-hybridized carbons (Fsp3) is 0.240. The van der Waals surface area contributed by atoms with Crippen molar-refractivity contribution in [2.24, 2.45) is 0 Å². The molecule has 0 amide bonds. The number of aryl methyl sites for hydroxylation is 1. The monoisotopic (exact) mass is 373 g/mol. The molecule has 0 saturated carbocycles. The number of ketones is 1. The fourth-order valence-corrected chi connectivity index (χ4v) is 3.06. The van der Waals surface area contributed by atoms with Crippen molar-refractivity contribution in [2.75, 3.05) is 6.61 Å². The molecule has 0 aliphatic carbocycles. The Balaban J connectivity index is 1.45. The predicted molar refractivity (Wildman–Crippen MR) is 110 cm³/mol. The molecule has 0 aliphatic rings. The van der Waals surface area contributed by atoms with Crippen LogP contribution < -0.4 is 4.74 Å². The van der Waals surface area contributed by atoms with E-state index in [1.54, 1.807) is 6.07 Å². The summed E-state index contributed by atoms with van der Waals surface area (Å²) in [7, 11) is 0. The maximum Gasteiger partial charge on any atom is 0.136 e. The van der Waals surface area contributed by atoms with Crippen molar-refractivity contribution in [3.63, 3.8) is 0 Å². The fourth-order valence-electron chi connectivity index (χ4n) is 3.06. The minimum absolute atomic E-state index is 0.172. The lowest BCUT2D eigenvalue weighted by atomic mass is 9.98. The van der Waals surface area contributed by atoms with Crippen LogP contribution in [0.2, 0.25) is 0 Å². The quantitative estimate of drug-likeness (QED) is 0.559. The number of carbonyl (C=O) groups excluding carboxylic acids is 1. The Kier molecular flexibility index (Phi) is 7.39. The molecule has 1 radical (unpaired) electrons. The van der Waals surface area contributed by atoms with Crippen molar-refractivity contribution in [3.05, 3.63) is 102 Å².